The van der Waals surface area contributed by atoms with Crippen LogP contribution in [-0.4, -0.2) is 32.7 Å². The molecule has 1 fully saturated rings. The van der Waals surface area contributed by atoms with Crippen molar-refractivity contribution in [1.29, 1.82) is 0 Å². The second-order valence-electron chi connectivity index (χ2n) is 3.82. The minimum atomic E-state index is -0.217. The lowest BCUT2D eigenvalue weighted by Crippen LogP contribution is -2.50. The summed E-state index contributed by atoms with van der Waals surface area (Å²) in [5.74, 6) is 0. The zero-order valence-electron chi connectivity index (χ0n) is 7.64. The normalized spacial score (nSPS) is 33.0. The van der Waals surface area contributed by atoms with E-state index < -0.39 is 0 Å². The Balaban J connectivity index is 2.23. The Kier molecular flexibility index (Phi) is 1.85. The maximum Gasteiger partial charge on any atom is 0.0903 e. The summed E-state index contributed by atoms with van der Waals surface area (Å²) in [5, 5.41) is 17.2. The molecule has 13 heavy (non-hydrogen) atoms. The predicted molar refractivity (Wildman–Crippen MR) is 47.0 cm³/mol. The Morgan fingerprint density at radius 3 is 2.85 bits per heavy atom. The molecule has 5 nitrogen and oxygen atoms in total. The highest BCUT2D eigenvalue weighted by Gasteiger charge is 2.45. The van der Waals surface area contributed by atoms with E-state index in [2.05, 4.69) is 10.3 Å². The molecular formula is C8H14N4O. The van der Waals surface area contributed by atoms with E-state index in [0.29, 0.717) is 19.4 Å². The van der Waals surface area contributed by atoms with E-state index in [1.807, 2.05) is 13.2 Å². The maximum atomic E-state index is 9.27. The molecule has 0 spiro atoms. The number of rotatable bonds is 2. The van der Waals surface area contributed by atoms with Crippen LogP contribution in [-0.2, 0) is 12.5 Å². The number of aliphatic hydroxyl groups is 1. The number of hydrogen-bond donors (Lipinski definition) is 2. The first-order chi connectivity index (χ1) is 6.16. The molecule has 0 aromatic carbocycles. The molecule has 1 aromatic heterocycles. The van der Waals surface area contributed by atoms with Gasteiger partial charge in [-0.05, 0) is 12.8 Å². The highest BCUT2D eigenvalue weighted by atomic mass is 16.3. The summed E-state index contributed by atoms with van der Waals surface area (Å²) in [7, 11) is 1.83. The van der Waals surface area contributed by atoms with Crippen molar-refractivity contribution in [2.24, 2.45) is 12.8 Å². The second-order valence-corrected chi connectivity index (χ2v) is 3.82. The third-order valence-corrected chi connectivity index (χ3v) is 2.79. The Morgan fingerprint density at radius 2 is 2.46 bits per heavy atom. The minimum Gasteiger partial charge on any atom is -0.393 e. The van der Waals surface area contributed by atoms with Crippen molar-refractivity contribution in [2.45, 2.75) is 24.4 Å². The van der Waals surface area contributed by atoms with Crippen molar-refractivity contribution in [1.82, 2.24) is 15.0 Å². The molecule has 0 aliphatic heterocycles. The molecule has 0 atom stereocenters. The van der Waals surface area contributed by atoms with Gasteiger partial charge in [-0.3, -0.25) is 4.68 Å². The quantitative estimate of drug-likeness (QED) is 0.625. The third-order valence-electron chi connectivity index (χ3n) is 2.79. The lowest BCUT2D eigenvalue weighted by molar-refractivity contribution is 0.0200. The Labute approximate surface area is 76.5 Å². The highest BCUT2D eigenvalue weighted by Crippen LogP contribution is 2.41. The van der Waals surface area contributed by atoms with E-state index in [-0.39, 0.29) is 11.5 Å². The van der Waals surface area contributed by atoms with E-state index in [1.54, 1.807) is 4.68 Å². The molecule has 0 saturated heterocycles. The van der Waals surface area contributed by atoms with Crippen LogP contribution in [0, 0.1) is 0 Å². The number of aliphatic hydroxyl groups excluding tert-OH is 1. The van der Waals surface area contributed by atoms with Crippen molar-refractivity contribution >= 4 is 0 Å². The van der Waals surface area contributed by atoms with Crippen molar-refractivity contribution in [3.8, 4) is 0 Å². The Hall–Kier alpha value is -0.940. The molecule has 0 bridgehead atoms. The topological polar surface area (TPSA) is 77.0 Å². The van der Waals surface area contributed by atoms with Crippen LogP contribution >= 0.6 is 0 Å². The first-order valence-electron chi connectivity index (χ1n) is 4.41. The Bertz CT molecular complexity index is 303. The molecular weight excluding hydrogens is 168 g/mol. The van der Waals surface area contributed by atoms with Crippen LogP contribution < -0.4 is 5.73 Å². The standard InChI is InChI=1S/C8H14N4O/c1-12-4-7(10-11-12)8(5-9)2-6(13)3-8/h4,6,13H,2-3,5,9H2,1H3. The van der Waals surface area contributed by atoms with Crippen molar-refractivity contribution in [3.63, 3.8) is 0 Å². The second kappa shape index (κ2) is 2.78. The van der Waals surface area contributed by atoms with Gasteiger partial charge < -0.3 is 10.8 Å². The number of aryl methyl sites for hydroxylation is 1. The van der Waals surface area contributed by atoms with Crippen LogP contribution in [0.15, 0.2) is 6.20 Å². The first kappa shape index (κ1) is 8.65. The fourth-order valence-corrected chi connectivity index (χ4v) is 1.91. The van der Waals surface area contributed by atoms with Gasteiger partial charge in [-0.2, -0.15) is 0 Å². The molecule has 3 N–H and O–H groups in total. The average molecular weight is 182 g/mol. The molecule has 1 aliphatic carbocycles. The summed E-state index contributed by atoms with van der Waals surface area (Å²) >= 11 is 0. The van der Waals surface area contributed by atoms with Gasteiger partial charge in [-0.1, -0.05) is 5.21 Å². The molecule has 5 heteroatoms. The summed E-state index contributed by atoms with van der Waals surface area (Å²) in [6.07, 6.45) is 3.08. The molecule has 1 saturated carbocycles. The Morgan fingerprint density at radius 1 is 1.77 bits per heavy atom. The molecule has 0 radical (unpaired) electrons. The van der Waals surface area contributed by atoms with E-state index in [9.17, 15) is 5.11 Å². The summed E-state index contributed by atoms with van der Waals surface area (Å²) in [4.78, 5) is 0. The van der Waals surface area contributed by atoms with Gasteiger partial charge >= 0.3 is 0 Å². The number of nitrogens with zero attached hydrogens (tertiary/aromatic N) is 3. The minimum absolute atomic E-state index is 0.117. The van der Waals surface area contributed by atoms with Gasteiger partial charge in [-0.15, -0.1) is 5.10 Å². The van der Waals surface area contributed by atoms with Gasteiger partial charge in [-0.25, -0.2) is 0 Å². The van der Waals surface area contributed by atoms with Gasteiger partial charge in [0.25, 0.3) is 0 Å². The predicted octanol–water partition coefficient (Wildman–Crippen LogP) is -0.834. The fourth-order valence-electron chi connectivity index (χ4n) is 1.91. The largest absolute Gasteiger partial charge is 0.393 e. The lowest BCUT2D eigenvalue weighted by Gasteiger charge is -2.43. The van der Waals surface area contributed by atoms with Crippen molar-refractivity contribution < 1.29 is 5.11 Å². The van der Waals surface area contributed by atoms with E-state index in [4.69, 9.17) is 5.73 Å². The van der Waals surface area contributed by atoms with Crippen molar-refractivity contribution in [3.05, 3.63) is 11.9 Å². The molecule has 1 aromatic rings. The average Bonchev–Trinajstić information content (AvgIpc) is 2.46. The zero-order chi connectivity index (χ0) is 9.47. The van der Waals surface area contributed by atoms with Crippen LogP contribution in [0.5, 0.6) is 0 Å². The number of nitrogens with two attached hydrogens (primary N) is 1. The van der Waals surface area contributed by atoms with Crippen LogP contribution in [0.3, 0.4) is 0 Å². The summed E-state index contributed by atoms with van der Waals surface area (Å²) in [5.41, 5.74) is 6.47. The molecule has 0 amide bonds. The van der Waals surface area contributed by atoms with Gasteiger partial charge in [0.15, 0.2) is 0 Å². The smallest absolute Gasteiger partial charge is 0.0903 e. The van der Waals surface area contributed by atoms with E-state index in [0.717, 1.165) is 5.69 Å². The first-order valence-corrected chi connectivity index (χ1v) is 4.41. The fraction of sp³-hybridized carbons (Fsp3) is 0.750. The van der Waals surface area contributed by atoms with Crippen LogP contribution in [0.4, 0.5) is 0 Å². The van der Waals surface area contributed by atoms with Crippen LogP contribution in [0.1, 0.15) is 18.5 Å². The summed E-state index contributed by atoms with van der Waals surface area (Å²) < 4.78 is 1.66. The van der Waals surface area contributed by atoms with E-state index >= 15 is 0 Å². The summed E-state index contributed by atoms with van der Waals surface area (Å²) in [6.45, 7) is 0.531. The molecule has 1 aliphatic rings. The molecule has 1 heterocycles. The SMILES string of the molecule is Cn1cc(C2(CN)CC(O)C2)nn1. The lowest BCUT2D eigenvalue weighted by atomic mass is 9.65. The van der Waals surface area contributed by atoms with Gasteiger partial charge in [0.05, 0.1) is 11.8 Å². The number of aromatic nitrogens is 3. The maximum absolute atomic E-state index is 9.27. The van der Waals surface area contributed by atoms with Gasteiger partial charge in [0.1, 0.15) is 0 Å². The van der Waals surface area contributed by atoms with Crippen molar-refractivity contribution in [2.75, 3.05) is 6.54 Å². The van der Waals surface area contributed by atoms with Crippen LogP contribution in [0.2, 0.25) is 0 Å². The molecule has 0 unspecified atom stereocenters. The van der Waals surface area contributed by atoms with Gasteiger partial charge in [0, 0.05) is 25.2 Å². The van der Waals surface area contributed by atoms with Gasteiger partial charge in [0.2, 0.25) is 0 Å². The van der Waals surface area contributed by atoms with E-state index in [1.165, 1.54) is 0 Å². The molecule has 2 rings (SSSR count). The summed E-state index contributed by atoms with van der Waals surface area (Å²) in [6, 6.07) is 0. The third kappa shape index (κ3) is 1.24. The zero-order valence-corrected chi connectivity index (χ0v) is 7.64. The molecule has 72 valence electrons. The number of hydrogen-bond acceptors (Lipinski definition) is 4. The van der Waals surface area contributed by atoms with Crippen LogP contribution in [0.25, 0.3) is 0 Å². The highest BCUT2D eigenvalue weighted by molar-refractivity contribution is 5.19. The monoisotopic (exact) mass is 182 g/mol.